The minimum absolute atomic E-state index is 0.557. The van der Waals surface area contributed by atoms with Gasteiger partial charge in [-0.2, -0.15) is 0 Å². The average Bonchev–Trinajstić information content (AvgIpc) is 2.46. The molecule has 0 saturated carbocycles. The highest BCUT2D eigenvalue weighted by molar-refractivity contribution is 5.11. The van der Waals surface area contributed by atoms with Crippen molar-refractivity contribution in [1.82, 2.24) is 0 Å². The third-order valence-electron chi connectivity index (χ3n) is 3.26. The molecule has 0 radical (unpaired) electrons. The second-order valence-corrected chi connectivity index (χ2v) is 5.98. The van der Waals surface area contributed by atoms with Crippen LogP contribution >= 0.6 is 0 Å². The van der Waals surface area contributed by atoms with Crippen LogP contribution in [-0.2, 0) is 0 Å². The van der Waals surface area contributed by atoms with E-state index in [1.165, 1.54) is 56.1 Å². The maximum Gasteiger partial charge on any atom is -0.00519 e. The first-order valence-electron chi connectivity index (χ1n) is 9.29. The van der Waals surface area contributed by atoms with Crippen molar-refractivity contribution in [2.75, 3.05) is 0 Å². The normalized spacial score (nSPS) is 11.7. The molecule has 0 aromatic heterocycles. The monoisotopic (exact) mass is 296 g/mol. The second kappa shape index (κ2) is 21.8. The maximum absolute atomic E-state index is 4.06. The Morgan fingerprint density at radius 1 is 0.905 bits per heavy atom. The lowest BCUT2D eigenvalue weighted by molar-refractivity contribution is 0.758. The first kappa shape index (κ1) is 25.4. The minimum Gasteiger partial charge on any atom is -0.0993 e. The number of rotatable bonds is 8. The van der Waals surface area contributed by atoms with Gasteiger partial charge in [0.15, 0.2) is 0 Å². The standard InChI is InChI=1S/C13H24.C5H12.C3H8/c1-6-8-9-11(3)10-13(5)12(4)7-2;1-3-5-4-2;1-3-2/h10,13H,4,6-9H2,1-3,5H3;3-5H2,1-2H3;3H2,1-2H3/b11-10+;;/t13-;;/m0../s1. The molecule has 0 aliphatic rings. The molecule has 21 heavy (non-hydrogen) atoms. The Balaban J connectivity index is -0.000000335. The number of hydrogen-bond acceptors (Lipinski definition) is 0. The fourth-order valence-corrected chi connectivity index (χ4v) is 1.76. The molecule has 0 aliphatic carbocycles. The average molecular weight is 297 g/mol. The summed E-state index contributed by atoms with van der Waals surface area (Å²) in [6.45, 7) is 21.6. The summed E-state index contributed by atoms with van der Waals surface area (Å²) in [5.74, 6) is 0.557. The lowest BCUT2D eigenvalue weighted by Crippen LogP contribution is -1.94. The Kier molecular flexibility index (Phi) is 26.4. The fraction of sp³-hybridized carbons (Fsp3) is 0.810. The lowest BCUT2D eigenvalue weighted by atomic mass is 9.96. The molecule has 0 rings (SSSR count). The zero-order valence-corrected chi connectivity index (χ0v) is 16.5. The van der Waals surface area contributed by atoms with Crippen LogP contribution in [0.5, 0.6) is 0 Å². The third-order valence-corrected chi connectivity index (χ3v) is 3.26. The highest BCUT2D eigenvalue weighted by Crippen LogP contribution is 2.17. The molecule has 0 saturated heterocycles. The van der Waals surface area contributed by atoms with Gasteiger partial charge in [0.1, 0.15) is 0 Å². The van der Waals surface area contributed by atoms with E-state index < -0.39 is 0 Å². The molecule has 0 nitrogen and oxygen atoms in total. The van der Waals surface area contributed by atoms with Gasteiger partial charge in [-0.25, -0.2) is 0 Å². The molecule has 0 amide bonds. The van der Waals surface area contributed by atoms with Gasteiger partial charge in [-0.15, -0.1) is 0 Å². The SMILES string of the molecule is C=C(CC)[C@@H](C)/C=C(\C)CCCC.CCC.CCCCC. The number of unbranched alkanes of at least 4 members (excludes halogenated alkanes) is 3. The summed E-state index contributed by atoms with van der Waals surface area (Å²) in [5.41, 5.74) is 2.86. The van der Waals surface area contributed by atoms with Gasteiger partial charge in [0, 0.05) is 0 Å². The third kappa shape index (κ3) is 24.8. The Morgan fingerprint density at radius 3 is 1.62 bits per heavy atom. The zero-order valence-electron chi connectivity index (χ0n) is 16.5. The molecule has 0 bridgehead atoms. The van der Waals surface area contributed by atoms with E-state index in [1.807, 2.05) is 0 Å². The van der Waals surface area contributed by atoms with Crippen molar-refractivity contribution in [2.24, 2.45) is 5.92 Å². The molecule has 0 aromatic rings. The molecular weight excluding hydrogens is 252 g/mol. The number of hydrogen-bond donors (Lipinski definition) is 0. The van der Waals surface area contributed by atoms with E-state index in [2.05, 4.69) is 68.0 Å². The van der Waals surface area contributed by atoms with E-state index in [4.69, 9.17) is 0 Å². The Morgan fingerprint density at radius 2 is 1.33 bits per heavy atom. The highest BCUT2D eigenvalue weighted by Gasteiger charge is 2.01. The van der Waals surface area contributed by atoms with Crippen LogP contribution in [0, 0.1) is 5.92 Å². The van der Waals surface area contributed by atoms with E-state index in [-0.39, 0.29) is 0 Å². The molecular formula is C21H44. The Labute approximate surface area is 137 Å². The molecule has 0 N–H and O–H groups in total. The second-order valence-electron chi connectivity index (χ2n) is 5.98. The smallest absolute Gasteiger partial charge is 0.00519 e. The van der Waals surface area contributed by atoms with Gasteiger partial charge in [-0.05, 0) is 32.1 Å². The molecule has 0 fully saturated rings. The lowest BCUT2D eigenvalue weighted by Gasteiger charge is -2.09. The minimum atomic E-state index is 0.557. The van der Waals surface area contributed by atoms with Gasteiger partial charge in [-0.3, -0.25) is 0 Å². The number of allylic oxidation sites excluding steroid dienone is 3. The summed E-state index contributed by atoms with van der Waals surface area (Å²) >= 11 is 0. The molecule has 0 unspecified atom stereocenters. The van der Waals surface area contributed by atoms with Crippen molar-refractivity contribution in [3.63, 3.8) is 0 Å². The van der Waals surface area contributed by atoms with Gasteiger partial charge in [0.05, 0.1) is 0 Å². The van der Waals surface area contributed by atoms with E-state index in [1.54, 1.807) is 0 Å². The molecule has 0 heterocycles. The van der Waals surface area contributed by atoms with E-state index in [9.17, 15) is 0 Å². The predicted octanol–water partition coefficient (Wildman–Crippen LogP) is 8.34. The summed E-state index contributed by atoms with van der Waals surface area (Å²) in [6.07, 6.45) is 12.6. The Bertz CT molecular complexity index is 220. The largest absolute Gasteiger partial charge is 0.0993 e. The maximum atomic E-state index is 4.06. The van der Waals surface area contributed by atoms with Crippen LogP contribution in [0.2, 0.25) is 0 Å². The van der Waals surface area contributed by atoms with Crippen molar-refractivity contribution >= 4 is 0 Å². The summed E-state index contributed by atoms with van der Waals surface area (Å²) in [7, 11) is 0. The quantitative estimate of drug-likeness (QED) is 0.395. The molecule has 0 aromatic carbocycles. The van der Waals surface area contributed by atoms with Gasteiger partial charge in [-0.1, -0.05) is 104 Å². The van der Waals surface area contributed by atoms with Crippen LogP contribution in [0.4, 0.5) is 0 Å². The predicted molar refractivity (Wildman–Crippen MR) is 103 cm³/mol. The topological polar surface area (TPSA) is 0 Å². The van der Waals surface area contributed by atoms with Crippen LogP contribution in [0.15, 0.2) is 23.8 Å². The van der Waals surface area contributed by atoms with Crippen LogP contribution in [0.3, 0.4) is 0 Å². The molecule has 128 valence electrons. The molecule has 0 spiro atoms. The van der Waals surface area contributed by atoms with E-state index in [0.717, 1.165) is 6.42 Å². The van der Waals surface area contributed by atoms with Crippen LogP contribution in [0.25, 0.3) is 0 Å². The summed E-state index contributed by atoms with van der Waals surface area (Å²) < 4.78 is 0. The van der Waals surface area contributed by atoms with E-state index >= 15 is 0 Å². The summed E-state index contributed by atoms with van der Waals surface area (Å²) in [5, 5.41) is 0. The highest BCUT2D eigenvalue weighted by atomic mass is 14.1. The van der Waals surface area contributed by atoms with Gasteiger partial charge < -0.3 is 0 Å². The van der Waals surface area contributed by atoms with Crippen molar-refractivity contribution in [2.45, 2.75) is 107 Å². The Hall–Kier alpha value is -0.520. The van der Waals surface area contributed by atoms with Gasteiger partial charge >= 0.3 is 0 Å². The van der Waals surface area contributed by atoms with Crippen molar-refractivity contribution in [3.05, 3.63) is 23.8 Å². The summed E-state index contributed by atoms with van der Waals surface area (Å²) in [4.78, 5) is 0. The van der Waals surface area contributed by atoms with Crippen molar-refractivity contribution < 1.29 is 0 Å². The van der Waals surface area contributed by atoms with E-state index in [0.29, 0.717) is 5.92 Å². The fourth-order valence-electron chi connectivity index (χ4n) is 1.76. The molecule has 1 atom stereocenters. The van der Waals surface area contributed by atoms with Gasteiger partial charge in [0.2, 0.25) is 0 Å². The first-order valence-corrected chi connectivity index (χ1v) is 9.29. The molecule has 0 heteroatoms. The first-order chi connectivity index (χ1) is 9.94. The van der Waals surface area contributed by atoms with Crippen LogP contribution in [0.1, 0.15) is 107 Å². The van der Waals surface area contributed by atoms with Crippen molar-refractivity contribution in [1.29, 1.82) is 0 Å². The van der Waals surface area contributed by atoms with Gasteiger partial charge in [0.25, 0.3) is 0 Å². The van der Waals surface area contributed by atoms with Crippen LogP contribution < -0.4 is 0 Å². The van der Waals surface area contributed by atoms with Crippen LogP contribution in [-0.4, -0.2) is 0 Å². The molecule has 0 aliphatic heterocycles. The summed E-state index contributed by atoms with van der Waals surface area (Å²) in [6, 6.07) is 0. The zero-order chi connectivity index (χ0) is 17.1. The van der Waals surface area contributed by atoms with Crippen molar-refractivity contribution in [3.8, 4) is 0 Å².